The zero-order chi connectivity index (χ0) is 14.5. The van der Waals surface area contributed by atoms with Gasteiger partial charge in [-0.3, -0.25) is 0 Å². The number of aliphatic hydroxyl groups excluding tert-OH is 1. The molecule has 0 aromatic heterocycles. The van der Waals surface area contributed by atoms with Crippen LogP contribution < -0.4 is 0 Å². The van der Waals surface area contributed by atoms with Crippen LogP contribution in [0.4, 0.5) is 4.39 Å². The SMILES string of the molecule is CCCc1cccc(C(O)Cc2ccc(F)cc2Cl)c1. The second-order valence-electron chi connectivity index (χ2n) is 4.95. The van der Waals surface area contributed by atoms with Crippen molar-refractivity contribution in [1.82, 2.24) is 0 Å². The van der Waals surface area contributed by atoms with Crippen LogP contribution in [0.25, 0.3) is 0 Å². The van der Waals surface area contributed by atoms with Crippen molar-refractivity contribution >= 4 is 11.6 Å². The van der Waals surface area contributed by atoms with Gasteiger partial charge in [0.15, 0.2) is 0 Å². The highest BCUT2D eigenvalue weighted by Gasteiger charge is 2.12. The topological polar surface area (TPSA) is 20.2 Å². The lowest BCUT2D eigenvalue weighted by Crippen LogP contribution is -2.03. The Balaban J connectivity index is 2.15. The lowest BCUT2D eigenvalue weighted by molar-refractivity contribution is 0.178. The van der Waals surface area contributed by atoms with Gasteiger partial charge >= 0.3 is 0 Å². The van der Waals surface area contributed by atoms with Crippen molar-refractivity contribution in [2.45, 2.75) is 32.3 Å². The molecule has 2 rings (SSSR count). The standard InChI is InChI=1S/C17H18ClFO/c1-2-4-12-5-3-6-14(9-12)17(20)10-13-7-8-15(19)11-16(13)18/h3,5-9,11,17,20H,2,4,10H2,1H3. The highest BCUT2D eigenvalue weighted by Crippen LogP contribution is 2.25. The van der Waals surface area contributed by atoms with Crippen molar-refractivity contribution < 1.29 is 9.50 Å². The van der Waals surface area contributed by atoms with Crippen LogP contribution in [0.1, 0.15) is 36.1 Å². The predicted octanol–water partition coefficient (Wildman–Crippen LogP) is 4.71. The molecule has 2 aromatic rings. The van der Waals surface area contributed by atoms with Crippen molar-refractivity contribution in [2.75, 3.05) is 0 Å². The van der Waals surface area contributed by atoms with E-state index >= 15 is 0 Å². The molecule has 0 bridgehead atoms. The molecule has 0 saturated heterocycles. The third-order valence-electron chi connectivity index (χ3n) is 3.30. The summed E-state index contributed by atoms with van der Waals surface area (Å²) in [5, 5.41) is 10.7. The van der Waals surface area contributed by atoms with Crippen LogP contribution in [0.2, 0.25) is 5.02 Å². The Labute approximate surface area is 124 Å². The maximum atomic E-state index is 13.0. The summed E-state index contributed by atoms with van der Waals surface area (Å²) in [6.45, 7) is 2.13. The van der Waals surface area contributed by atoms with E-state index < -0.39 is 6.10 Å². The molecule has 1 nitrogen and oxygen atoms in total. The summed E-state index contributed by atoms with van der Waals surface area (Å²) in [4.78, 5) is 0. The molecule has 0 fully saturated rings. The molecule has 1 unspecified atom stereocenters. The third-order valence-corrected chi connectivity index (χ3v) is 3.65. The Hall–Kier alpha value is -1.38. The first-order chi connectivity index (χ1) is 9.60. The molecular weight excluding hydrogens is 275 g/mol. The van der Waals surface area contributed by atoms with Crippen LogP contribution in [-0.2, 0) is 12.8 Å². The van der Waals surface area contributed by atoms with Gasteiger partial charge < -0.3 is 5.11 Å². The van der Waals surface area contributed by atoms with Crippen molar-refractivity contribution in [1.29, 1.82) is 0 Å². The normalized spacial score (nSPS) is 12.4. The largest absolute Gasteiger partial charge is 0.388 e. The van der Waals surface area contributed by atoms with Crippen molar-refractivity contribution in [3.8, 4) is 0 Å². The molecule has 1 atom stereocenters. The van der Waals surface area contributed by atoms with E-state index in [-0.39, 0.29) is 5.82 Å². The molecule has 0 aliphatic carbocycles. The molecule has 20 heavy (non-hydrogen) atoms. The minimum Gasteiger partial charge on any atom is -0.388 e. The number of hydrogen-bond donors (Lipinski definition) is 1. The van der Waals surface area contributed by atoms with Crippen LogP contribution in [0, 0.1) is 5.82 Å². The lowest BCUT2D eigenvalue weighted by Gasteiger charge is -2.13. The number of aryl methyl sites for hydroxylation is 1. The summed E-state index contributed by atoms with van der Waals surface area (Å²) < 4.78 is 13.0. The van der Waals surface area contributed by atoms with E-state index in [1.807, 2.05) is 18.2 Å². The quantitative estimate of drug-likeness (QED) is 0.846. The highest BCUT2D eigenvalue weighted by molar-refractivity contribution is 6.31. The van der Waals surface area contributed by atoms with Gasteiger partial charge in [-0.25, -0.2) is 4.39 Å². The Morgan fingerprint density at radius 2 is 2.00 bits per heavy atom. The van der Waals surface area contributed by atoms with E-state index in [4.69, 9.17) is 11.6 Å². The number of benzene rings is 2. The summed E-state index contributed by atoms with van der Waals surface area (Å²) in [6, 6.07) is 12.2. The number of hydrogen-bond acceptors (Lipinski definition) is 1. The second-order valence-corrected chi connectivity index (χ2v) is 5.36. The first-order valence-electron chi connectivity index (χ1n) is 6.81. The minimum atomic E-state index is -0.630. The minimum absolute atomic E-state index is 0.355. The smallest absolute Gasteiger partial charge is 0.124 e. The zero-order valence-corrected chi connectivity index (χ0v) is 12.2. The number of halogens is 2. The fourth-order valence-corrected chi connectivity index (χ4v) is 2.50. The Morgan fingerprint density at radius 1 is 1.20 bits per heavy atom. The van der Waals surface area contributed by atoms with E-state index in [1.54, 1.807) is 6.07 Å². The number of aliphatic hydroxyl groups is 1. The fraction of sp³-hybridized carbons (Fsp3) is 0.294. The van der Waals surface area contributed by atoms with E-state index in [1.165, 1.54) is 17.7 Å². The zero-order valence-electron chi connectivity index (χ0n) is 11.4. The van der Waals surface area contributed by atoms with Crippen molar-refractivity contribution in [3.63, 3.8) is 0 Å². The first kappa shape index (κ1) is 15.0. The summed E-state index contributed by atoms with van der Waals surface area (Å²) in [5.41, 5.74) is 2.84. The van der Waals surface area contributed by atoms with Crippen LogP contribution in [0.5, 0.6) is 0 Å². The maximum Gasteiger partial charge on any atom is 0.124 e. The van der Waals surface area contributed by atoms with E-state index in [2.05, 4.69) is 13.0 Å². The molecule has 2 aromatic carbocycles. The molecule has 0 radical (unpaired) electrons. The van der Waals surface area contributed by atoms with Gasteiger partial charge in [-0.15, -0.1) is 0 Å². The van der Waals surface area contributed by atoms with Gasteiger partial charge in [-0.1, -0.05) is 55.3 Å². The van der Waals surface area contributed by atoms with Gasteiger partial charge in [0.2, 0.25) is 0 Å². The molecule has 3 heteroatoms. The van der Waals surface area contributed by atoms with E-state index in [0.717, 1.165) is 24.0 Å². The predicted molar refractivity (Wildman–Crippen MR) is 80.5 cm³/mol. The molecule has 1 N–H and O–H groups in total. The first-order valence-corrected chi connectivity index (χ1v) is 7.18. The maximum absolute atomic E-state index is 13.0. The van der Waals surface area contributed by atoms with Crippen LogP contribution >= 0.6 is 11.6 Å². The summed E-state index contributed by atoms with van der Waals surface area (Å²) >= 11 is 5.99. The average molecular weight is 293 g/mol. The van der Waals surface area contributed by atoms with Crippen molar-refractivity contribution in [3.05, 3.63) is 70.0 Å². The third kappa shape index (κ3) is 3.81. The lowest BCUT2D eigenvalue weighted by atomic mass is 9.98. The van der Waals surface area contributed by atoms with Gasteiger partial charge in [0, 0.05) is 11.4 Å². The van der Waals surface area contributed by atoms with Crippen molar-refractivity contribution in [2.24, 2.45) is 0 Å². The summed E-state index contributed by atoms with van der Waals surface area (Å²) in [6.07, 6.45) is 1.82. The van der Waals surface area contributed by atoms with Gasteiger partial charge in [-0.2, -0.15) is 0 Å². The van der Waals surface area contributed by atoms with Gasteiger partial charge in [0.25, 0.3) is 0 Å². The van der Waals surface area contributed by atoms with E-state index in [9.17, 15) is 9.50 Å². The van der Waals surface area contributed by atoms with Gasteiger partial charge in [0.05, 0.1) is 6.10 Å². The molecule has 0 saturated carbocycles. The molecule has 106 valence electrons. The van der Waals surface area contributed by atoms with Crippen LogP contribution in [0.3, 0.4) is 0 Å². The molecule has 0 amide bonds. The monoisotopic (exact) mass is 292 g/mol. The molecule has 0 spiro atoms. The highest BCUT2D eigenvalue weighted by atomic mass is 35.5. The second kappa shape index (κ2) is 6.87. The Kier molecular flexibility index (Phi) is 5.16. The molecule has 0 aliphatic rings. The summed E-state index contributed by atoms with van der Waals surface area (Å²) in [7, 11) is 0. The summed E-state index contributed by atoms with van der Waals surface area (Å²) in [5.74, 6) is -0.363. The average Bonchev–Trinajstić information content (AvgIpc) is 2.42. The molecule has 0 heterocycles. The van der Waals surface area contributed by atoms with Crippen LogP contribution in [-0.4, -0.2) is 5.11 Å². The van der Waals surface area contributed by atoms with Crippen LogP contribution in [0.15, 0.2) is 42.5 Å². The fourth-order valence-electron chi connectivity index (χ4n) is 2.26. The van der Waals surface area contributed by atoms with Gasteiger partial charge in [-0.05, 0) is 35.2 Å². The Morgan fingerprint density at radius 3 is 2.70 bits per heavy atom. The van der Waals surface area contributed by atoms with Gasteiger partial charge in [0.1, 0.15) is 5.82 Å². The molecule has 0 aliphatic heterocycles. The Bertz CT molecular complexity index is 583. The number of rotatable bonds is 5. The van der Waals surface area contributed by atoms with E-state index in [0.29, 0.717) is 11.4 Å². The molecular formula is C17H18ClFO.